The predicted molar refractivity (Wildman–Crippen MR) is 77.4 cm³/mol. The van der Waals surface area contributed by atoms with Crippen molar-refractivity contribution in [3.05, 3.63) is 60.4 Å². The normalized spacial score (nSPS) is 11.7. The molecule has 1 unspecified atom stereocenters. The van der Waals surface area contributed by atoms with Crippen LogP contribution in [0.15, 0.2) is 54.9 Å². The first kappa shape index (κ1) is 14.0. The molecule has 0 bridgehead atoms. The fourth-order valence-electron chi connectivity index (χ4n) is 1.78. The molecule has 0 saturated carbocycles. The van der Waals surface area contributed by atoms with Crippen LogP contribution in [0.25, 0.3) is 0 Å². The minimum absolute atomic E-state index is 0.200. The molecule has 0 aliphatic rings. The van der Waals surface area contributed by atoms with Gasteiger partial charge in [0.25, 0.3) is 0 Å². The number of benzene rings is 1. The summed E-state index contributed by atoms with van der Waals surface area (Å²) in [5.74, 6) is 0. The van der Waals surface area contributed by atoms with E-state index in [1.807, 2.05) is 30.3 Å². The molecule has 20 heavy (non-hydrogen) atoms. The number of hydrogen-bond donors (Lipinski definition) is 3. The Balaban J connectivity index is 1.73. The van der Waals surface area contributed by atoms with Gasteiger partial charge in [0.1, 0.15) is 0 Å². The number of carbonyl (C=O) groups is 1. The van der Waals surface area contributed by atoms with Crippen molar-refractivity contribution in [3.63, 3.8) is 0 Å². The Hall–Kier alpha value is -2.40. The Morgan fingerprint density at radius 3 is 2.55 bits per heavy atom. The molecule has 2 amide bonds. The summed E-state index contributed by atoms with van der Waals surface area (Å²) in [4.78, 5) is 15.5. The Morgan fingerprint density at radius 2 is 1.85 bits per heavy atom. The summed E-state index contributed by atoms with van der Waals surface area (Å²) >= 11 is 0. The van der Waals surface area contributed by atoms with Gasteiger partial charge in [0.2, 0.25) is 0 Å². The van der Waals surface area contributed by atoms with Crippen LogP contribution in [-0.2, 0) is 6.42 Å². The lowest BCUT2D eigenvalue weighted by molar-refractivity contribution is 0.172. The van der Waals surface area contributed by atoms with Gasteiger partial charge in [-0.25, -0.2) is 4.79 Å². The second-order valence-corrected chi connectivity index (χ2v) is 4.41. The Morgan fingerprint density at radius 1 is 1.15 bits per heavy atom. The van der Waals surface area contributed by atoms with Crippen LogP contribution in [0.2, 0.25) is 0 Å². The molecule has 5 nitrogen and oxygen atoms in total. The SMILES string of the molecule is O=C(NCC(O)Cc1ccccc1)Nc1ccncc1. The lowest BCUT2D eigenvalue weighted by atomic mass is 10.1. The van der Waals surface area contributed by atoms with Crippen LogP contribution in [0.4, 0.5) is 10.5 Å². The van der Waals surface area contributed by atoms with E-state index in [1.165, 1.54) is 0 Å². The van der Waals surface area contributed by atoms with E-state index in [4.69, 9.17) is 0 Å². The fraction of sp³-hybridized carbons (Fsp3) is 0.200. The number of hydrogen-bond acceptors (Lipinski definition) is 3. The van der Waals surface area contributed by atoms with Crippen LogP contribution in [0, 0.1) is 0 Å². The van der Waals surface area contributed by atoms with Crippen LogP contribution in [0.1, 0.15) is 5.56 Å². The number of aromatic nitrogens is 1. The quantitative estimate of drug-likeness (QED) is 0.776. The second-order valence-electron chi connectivity index (χ2n) is 4.41. The van der Waals surface area contributed by atoms with Gasteiger partial charge in [0, 0.05) is 31.0 Å². The van der Waals surface area contributed by atoms with Crippen LogP contribution in [0.3, 0.4) is 0 Å². The summed E-state index contributed by atoms with van der Waals surface area (Å²) in [5, 5.41) is 15.2. The number of carbonyl (C=O) groups excluding carboxylic acids is 1. The number of amides is 2. The van der Waals surface area contributed by atoms with Crippen molar-refractivity contribution in [2.75, 3.05) is 11.9 Å². The summed E-state index contributed by atoms with van der Waals surface area (Å²) in [7, 11) is 0. The first-order chi connectivity index (χ1) is 9.74. The van der Waals surface area contributed by atoms with Crippen LogP contribution >= 0.6 is 0 Å². The number of urea groups is 1. The maximum atomic E-state index is 11.6. The molecule has 5 heteroatoms. The van der Waals surface area contributed by atoms with Gasteiger partial charge in [-0.05, 0) is 17.7 Å². The van der Waals surface area contributed by atoms with E-state index in [0.29, 0.717) is 12.1 Å². The highest BCUT2D eigenvalue weighted by Gasteiger charge is 2.07. The number of aliphatic hydroxyl groups excluding tert-OH is 1. The fourth-order valence-corrected chi connectivity index (χ4v) is 1.78. The minimum Gasteiger partial charge on any atom is -0.391 e. The number of anilines is 1. The van der Waals surface area contributed by atoms with E-state index in [2.05, 4.69) is 15.6 Å². The molecule has 2 aromatic rings. The molecule has 0 saturated heterocycles. The molecule has 1 atom stereocenters. The first-order valence-electron chi connectivity index (χ1n) is 6.41. The van der Waals surface area contributed by atoms with E-state index in [0.717, 1.165) is 5.56 Å². The second kappa shape index (κ2) is 7.25. The highest BCUT2D eigenvalue weighted by Crippen LogP contribution is 2.04. The van der Waals surface area contributed by atoms with Gasteiger partial charge in [0.15, 0.2) is 0 Å². The van der Waals surface area contributed by atoms with Gasteiger partial charge in [-0.2, -0.15) is 0 Å². The maximum absolute atomic E-state index is 11.6. The molecular formula is C15H17N3O2. The zero-order valence-electron chi connectivity index (χ0n) is 11.0. The molecule has 0 spiro atoms. The third kappa shape index (κ3) is 4.70. The standard InChI is InChI=1S/C15H17N3O2/c19-14(10-12-4-2-1-3-5-12)11-17-15(20)18-13-6-8-16-9-7-13/h1-9,14,19H,10-11H2,(H2,16,17,18,20). The number of rotatable bonds is 5. The van der Waals surface area contributed by atoms with Crippen molar-refractivity contribution in [3.8, 4) is 0 Å². The summed E-state index contributed by atoms with van der Waals surface area (Å²) in [6, 6.07) is 12.7. The van der Waals surface area contributed by atoms with E-state index >= 15 is 0 Å². The third-order valence-electron chi connectivity index (χ3n) is 2.75. The number of nitrogens with zero attached hydrogens (tertiary/aromatic N) is 1. The monoisotopic (exact) mass is 271 g/mol. The maximum Gasteiger partial charge on any atom is 0.319 e. The van der Waals surface area contributed by atoms with Gasteiger partial charge < -0.3 is 15.7 Å². The van der Waals surface area contributed by atoms with E-state index in [-0.39, 0.29) is 12.6 Å². The molecule has 0 radical (unpaired) electrons. The molecule has 1 heterocycles. The zero-order valence-corrected chi connectivity index (χ0v) is 11.0. The topological polar surface area (TPSA) is 74.2 Å². The van der Waals surface area contributed by atoms with E-state index in [1.54, 1.807) is 24.5 Å². The third-order valence-corrected chi connectivity index (χ3v) is 2.75. The number of nitrogens with one attached hydrogen (secondary N) is 2. The summed E-state index contributed by atoms with van der Waals surface area (Å²) in [6.07, 6.45) is 3.09. The zero-order chi connectivity index (χ0) is 14.2. The molecule has 0 fully saturated rings. The largest absolute Gasteiger partial charge is 0.391 e. The first-order valence-corrected chi connectivity index (χ1v) is 6.41. The summed E-state index contributed by atoms with van der Waals surface area (Å²) in [5.41, 5.74) is 1.70. The smallest absolute Gasteiger partial charge is 0.319 e. The van der Waals surface area contributed by atoms with Gasteiger partial charge in [-0.15, -0.1) is 0 Å². The van der Waals surface area contributed by atoms with Gasteiger partial charge in [-0.1, -0.05) is 30.3 Å². The van der Waals surface area contributed by atoms with Gasteiger partial charge in [0.05, 0.1) is 6.10 Å². The molecule has 104 valence electrons. The number of aliphatic hydroxyl groups is 1. The van der Waals surface area contributed by atoms with Crippen LogP contribution < -0.4 is 10.6 Å². The van der Waals surface area contributed by atoms with Gasteiger partial charge >= 0.3 is 6.03 Å². The van der Waals surface area contributed by atoms with Crippen molar-refractivity contribution in [1.29, 1.82) is 0 Å². The van der Waals surface area contributed by atoms with E-state index in [9.17, 15) is 9.90 Å². The average molecular weight is 271 g/mol. The van der Waals surface area contributed by atoms with E-state index < -0.39 is 6.10 Å². The van der Waals surface area contributed by atoms with Crippen LogP contribution in [0.5, 0.6) is 0 Å². The molecule has 3 N–H and O–H groups in total. The number of pyridine rings is 1. The summed E-state index contributed by atoms with van der Waals surface area (Å²) < 4.78 is 0. The highest BCUT2D eigenvalue weighted by atomic mass is 16.3. The highest BCUT2D eigenvalue weighted by molar-refractivity contribution is 5.89. The van der Waals surface area contributed by atoms with Gasteiger partial charge in [-0.3, -0.25) is 4.98 Å². The Labute approximate surface area is 117 Å². The molecule has 0 aliphatic carbocycles. The van der Waals surface area contributed by atoms with Crippen LogP contribution in [-0.4, -0.2) is 28.8 Å². The molecular weight excluding hydrogens is 254 g/mol. The lowest BCUT2D eigenvalue weighted by Gasteiger charge is -2.12. The summed E-state index contributed by atoms with van der Waals surface area (Å²) in [6.45, 7) is 0.200. The van der Waals surface area contributed by atoms with Crippen molar-refractivity contribution < 1.29 is 9.90 Å². The van der Waals surface area contributed by atoms with Crippen molar-refractivity contribution in [1.82, 2.24) is 10.3 Å². The average Bonchev–Trinajstić information content (AvgIpc) is 2.47. The molecule has 1 aromatic carbocycles. The Bertz CT molecular complexity index is 531. The molecule has 1 aromatic heterocycles. The Kier molecular flexibility index (Phi) is 5.08. The van der Waals surface area contributed by atoms with Crippen molar-refractivity contribution in [2.45, 2.75) is 12.5 Å². The minimum atomic E-state index is -0.611. The lowest BCUT2D eigenvalue weighted by Crippen LogP contribution is -2.36. The molecule has 0 aliphatic heterocycles. The molecule has 2 rings (SSSR count). The van der Waals surface area contributed by atoms with Crippen molar-refractivity contribution >= 4 is 11.7 Å². The predicted octanol–water partition coefficient (Wildman–Crippen LogP) is 1.81. The van der Waals surface area contributed by atoms with Crippen molar-refractivity contribution in [2.24, 2.45) is 0 Å².